The van der Waals surface area contributed by atoms with E-state index in [0.717, 1.165) is 12.1 Å². The van der Waals surface area contributed by atoms with Gasteiger partial charge in [-0.2, -0.15) is 5.10 Å². The lowest BCUT2D eigenvalue weighted by atomic mass is 10.2. The molecule has 9 heteroatoms. The molecule has 2 aromatic rings. The average Bonchev–Trinajstić information content (AvgIpc) is 2.74. The predicted molar refractivity (Wildman–Crippen MR) is 83.2 cm³/mol. The van der Waals surface area contributed by atoms with Gasteiger partial charge in [0.1, 0.15) is 11.8 Å². The lowest BCUT2D eigenvalue weighted by Crippen LogP contribution is -2.25. The van der Waals surface area contributed by atoms with Crippen molar-refractivity contribution in [1.82, 2.24) is 9.78 Å². The second-order valence-corrected chi connectivity index (χ2v) is 5.54. The molecule has 0 aliphatic rings. The number of aromatic nitrogens is 2. The van der Waals surface area contributed by atoms with Gasteiger partial charge in [0.2, 0.25) is 5.91 Å². The van der Waals surface area contributed by atoms with Crippen molar-refractivity contribution in [3.05, 3.63) is 40.7 Å². The predicted octanol–water partition coefficient (Wildman–Crippen LogP) is 4.25. The van der Waals surface area contributed by atoms with E-state index in [1.807, 2.05) is 0 Å². The largest absolute Gasteiger partial charge is 0.573 e. The van der Waals surface area contributed by atoms with Gasteiger partial charge in [-0.25, -0.2) is 0 Å². The molecule has 0 saturated heterocycles. The first-order valence-corrected chi connectivity index (χ1v) is 7.34. The highest BCUT2D eigenvalue weighted by Crippen LogP contribution is 2.25. The second-order valence-electron chi connectivity index (χ2n) is 5.17. The van der Waals surface area contributed by atoms with Crippen molar-refractivity contribution >= 4 is 23.2 Å². The zero-order chi connectivity index (χ0) is 18.1. The molecule has 1 unspecified atom stereocenters. The van der Waals surface area contributed by atoms with Gasteiger partial charge in [-0.3, -0.25) is 9.48 Å². The standard InChI is InChI=1S/C15H15ClF3N3O2/c1-8-13(16)9(2)22(21-8)10(3)14(23)20-11-4-6-12(7-5-11)24-15(17,18)19/h4-7,10H,1-3H3,(H,20,23). The van der Waals surface area contributed by atoms with Crippen LogP contribution >= 0.6 is 11.6 Å². The summed E-state index contributed by atoms with van der Waals surface area (Å²) in [7, 11) is 0. The van der Waals surface area contributed by atoms with Crippen LogP contribution in [0.1, 0.15) is 24.4 Å². The van der Waals surface area contributed by atoms with Crippen molar-refractivity contribution in [2.75, 3.05) is 5.32 Å². The Labute approximate surface area is 141 Å². The van der Waals surface area contributed by atoms with E-state index in [1.54, 1.807) is 20.8 Å². The average molecular weight is 362 g/mol. The van der Waals surface area contributed by atoms with Crippen LogP contribution in [0.4, 0.5) is 18.9 Å². The molecule has 1 aromatic carbocycles. The minimum Gasteiger partial charge on any atom is -0.406 e. The van der Waals surface area contributed by atoms with E-state index in [4.69, 9.17) is 11.6 Å². The van der Waals surface area contributed by atoms with E-state index in [0.29, 0.717) is 22.1 Å². The molecule has 130 valence electrons. The van der Waals surface area contributed by atoms with Crippen LogP contribution < -0.4 is 10.1 Å². The smallest absolute Gasteiger partial charge is 0.406 e. The first kappa shape index (κ1) is 18.1. The molecule has 0 aliphatic carbocycles. The van der Waals surface area contributed by atoms with E-state index >= 15 is 0 Å². The van der Waals surface area contributed by atoms with Crippen molar-refractivity contribution in [1.29, 1.82) is 0 Å². The highest BCUT2D eigenvalue weighted by atomic mass is 35.5. The van der Waals surface area contributed by atoms with Gasteiger partial charge in [-0.15, -0.1) is 13.2 Å². The number of alkyl halides is 3. The van der Waals surface area contributed by atoms with Crippen LogP contribution in [0.3, 0.4) is 0 Å². The van der Waals surface area contributed by atoms with Crippen molar-refractivity contribution in [3.63, 3.8) is 0 Å². The zero-order valence-electron chi connectivity index (χ0n) is 13.1. The van der Waals surface area contributed by atoms with Gasteiger partial charge in [0.05, 0.1) is 16.4 Å². The number of halogens is 4. The number of benzene rings is 1. The van der Waals surface area contributed by atoms with Gasteiger partial charge in [-0.1, -0.05) is 11.6 Å². The number of ether oxygens (including phenoxy) is 1. The summed E-state index contributed by atoms with van der Waals surface area (Å²) < 4.78 is 41.6. The topological polar surface area (TPSA) is 56.2 Å². The molecule has 0 saturated carbocycles. The molecule has 2 rings (SSSR count). The van der Waals surface area contributed by atoms with E-state index in [-0.39, 0.29) is 11.7 Å². The third-order valence-electron chi connectivity index (χ3n) is 3.34. The third-order valence-corrected chi connectivity index (χ3v) is 3.89. The van der Waals surface area contributed by atoms with Crippen LogP contribution in [0.15, 0.2) is 24.3 Å². The first-order valence-electron chi connectivity index (χ1n) is 6.96. The minimum atomic E-state index is -4.76. The fraction of sp³-hybridized carbons (Fsp3) is 0.333. The molecular weight excluding hydrogens is 347 g/mol. The summed E-state index contributed by atoms with van der Waals surface area (Å²) in [5.41, 5.74) is 1.61. The Balaban J connectivity index is 2.07. The summed E-state index contributed by atoms with van der Waals surface area (Å²) in [6, 6.07) is 4.24. The molecule has 0 aliphatic heterocycles. The monoisotopic (exact) mass is 361 g/mol. The lowest BCUT2D eigenvalue weighted by molar-refractivity contribution is -0.274. The molecule has 0 bridgehead atoms. The fourth-order valence-corrected chi connectivity index (χ4v) is 2.24. The molecule has 1 N–H and O–H groups in total. The maximum Gasteiger partial charge on any atom is 0.573 e. The lowest BCUT2D eigenvalue weighted by Gasteiger charge is -2.15. The molecule has 5 nitrogen and oxygen atoms in total. The Kier molecular flexibility index (Phi) is 5.08. The molecule has 1 heterocycles. The maximum atomic E-state index is 12.3. The summed E-state index contributed by atoms with van der Waals surface area (Å²) in [5, 5.41) is 7.30. The Morgan fingerprint density at radius 1 is 1.29 bits per heavy atom. The Hall–Kier alpha value is -2.22. The molecule has 0 spiro atoms. The summed E-state index contributed by atoms with van der Waals surface area (Å²) in [6.45, 7) is 5.12. The second kappa shape index (κ2) is 6.72. The number of aryl methyl sites for hydroxylation is 1. The van der Waals surface area contributed by atoms with Crippen molar-refractivity contribution in [3.8, 4) is 5.75 Å². The van der Waals surface area contributed by atoms with Gasteiger partial charge in [0.25, 0.3) is 0 Å². The number of nitrogens with one attached hydrogen (secondary N) is 1. The Morgan fingerprint density at radius 3 is 2.33 bits per heavy atom. The zero-order valence-corrected chi connectivity index (χ0v) is 13.9. The van der Waals surface area contributed by atoms with Crippen LogP contribution in [0.5, 0.6) is 5.75 Å². The van der Waals surface area contributed by atoms with Gasteiger partial charge < -0.3 is 10.1 Å². The van der Waals surface area contributed by atoms with Crippen LogP contribution in [-0.4, -0.2) is 22.1 Å². The van der Waals surface area contributed by atoms with Crippen molar-refractivity contribution in [2.24, 2.45) is 0 Å². The number of hydrogen-bond donors (Lipinski definition) is 1. The normalized spacial score (nSPS) is 12.8. The van der Waals surface area contributed by atoms with Crippen molar-refractivity contribution < 1.29 is 22.7 Å². The SMILES string of the molecule is Cc1nn(C(C)C(=O)Nc2ccc(OC(F)(F)F)cc2)c(C)c1Cl. The number of rotatable bonds is 4. The van der Waals surface area contributed by atoms with Gasteiger partial charge in [0, 0.05) is 5.69 Å². The highest BCUT2D eigenvalue weighted by Gasteiger charge is 2.31. The van der Waals surface area contributed by atoms with Crippen LogP contribution in [-0.2, 0) is 4.79 Å². The van der Waals surface area contributed by atoms with Crippen LogP contribution in [0.2, 0.25) is 5.02 Å². The number of carbonyl (C=O) groups is 1. The molecule has 0 radical (unpaired) electrons. The Bertz CT molecular complexity index is 742. The number of carbonyl (C=O) groups excluding carboxylic acids is 1. The summed E-state index contributed by atoms with van der Waals surface area (Å²) >= 11 is 6.06. The summed E-state index contributed by atoms with van der Waals surface area (Å²) in [6.07, 6.45) is -4.76. The highest BCUT2D eigenvalue weighted by molar-refractivity contribution is 6.31. The first-order chi connectivity index (χ1) is 11.1. The van der Waals surface area contributed by atoms with Crippen LogP contribution in [0, 0.1) is 13.8 Å². The number of amides is 1. The molecule has 1 aromatic heterocycles. The number of anilines is 1. The molecule has 1 amide bonds. The maximum absolute atomic E-state index is 12.3. The van der Waals surface area contributed by atoms with E-state index in [1.165, 1.54) is 16.8 Å². The number of nitrogens with zero attached hydrogens (tertiary/aromatic N) is 2. The number of hydrogen-bond acceptors (Lipinski definition) is 3. The van der Waals surface area contributed by atoms with Gasteiger partial charge >= 0.3 is 6.36 Å². The third kappa shape index (κ3) is 4.19. The van der Waals surface area contributed by atoms with E-state index < -0.39 is 12.4 Å². The Morgan fingerprint density at radius 2 is 1.88 bits per heavy atom. The summed E-state index contributed by atoms with van der Waals surface area (Å²) in [5.74, 6) is -0.736. The molecule has 0 fully saturated rings. The van der Waals surface area contributed by atoms with Gasteiger partial charge in [-0.05, 0) is 45.0 Å². The van der Waals surface area contributed by atoms with Gasteiger partial charge in [0.15, 0.2) is 0 Å². The molecular formula is C15H15ClF3N3O2. The van der Waals surface area contributed by atoms with Crippen LogP contribution in [0.25, 0.3) is 0 Å². The molecule has 1 atom stereocenters. The van der Waals surface area contributed by atoms with Crippen molar-refractivity contribution in [2.45, 2.75) is 33.2 Å². The fourth-order valence-electron chi connectivity index (χ4n) is 2.12. The van der Waals surface area contributed by atoms with E-state index in [2.05, 4.69) is 15.2 Å². The minimum absolute atomic E-state index is 0.342. The quantitative estimate of drug-likeness (QED) is 0.885. The summed E-state index contributed by atoms with van der Waals surface area (Å²) in [4.78, 5) is 12.3. The molecule has 24 heavy (non-hydrogen) atoms. The van der Waals surface area contributed by atoms with E-state index in [9.17, 15) is 18.0 Å².